The third-order valence-corrected chi connectivity index (χ3v) is 13.0. The largest absolute Gasteiger partial charge is 0.456 e. The first-order valence-electron chi connectivity index (χ1n) is 21.7. The second kappa shape index (κ2) is 14.2. The molecule has 0 amide bonds. The fourth-order valence-electron chi connectivity index (χ4n) is 10.1. The molecule has 5 nitrogen and oxygen atoms in total. The molecule has 9 aromatic carbocycles. The maximum absolute atomic E-state index is 6.76. The number of fused-ring (bicyclic) bond motifs is 9. The Morgan fingerprint density at radius 1 is 0.397 bits per heavy atom. The monoisotopic (exact) mass is 808 g/mol. The van der Waals surface area contributed by atoms with Gasteiger partial charge < -0.3 is 18.9 Å². The van der Waals surface area contributed by atoms with Gasteiger partial charge in [-0.15, -0.1) is 0 Å². The number of aromatic nitrogens is 2. The molecule has 5 heteroatoms. The summed E-state index contributed by atoms with van der Waals surface area (Å²) in [5.41, 5.74) is 15.7. The molecule has 2 unspecified atom stereocenters. The lowest BCUT2D eigenvalue weighted by Crippen LogP contribution is -2.39. The lowest BCUT2D eigenvalue weighted by molar-refractivity contribution is 0.445. The van der Waals surface area contributed by atoms with Crippen LogP contribution in [0.2, 0.25) is 0 Å². The van der Waals surface area contributed by atoms with Crippen molar-refractivity contribution in [3.8, 4) is 22.5 Å². The molecule has 0 saturated heterocycles. The van der Waals surface area contributed by atoms with Crippen LogP contribution in [0.4, 0.5) is 0 Å². The Hall–Kier alpha value is -8.12. The Morgan fingerprint density at radius 2 is 0.984 bits per heavy atom. The lowest BCUT2D eigenvalue weighted by atomic mass is 9.96. The fourth-order valence-corrected chi connectivity index (χ4v) is 10.1. The molecule has 63 heavy (non-hydrogen) atoms. The van der Waals surface area contributed by atoms with Crippen molar-refractivity contribution in [2.24, 2.45) is 0 Å². The number of hydrogen-bond acceptors (Lipinski definition) is 3. The zero-order valence-corrected chi connectivity index (χ0v) is 34.2. The van der Waals surface area contributed by atoms with Crippen LogP contribution in [-0.2, 0) is 0 Å². The van der Waals surface area contributed by atoms with E-state index in [0.29, 0.717) is 0 Å². The van der Waals surface area contributed by atoms with Gasteiger partial charge in [-0.2, -0.15) is 0 Å². The van der Waals surface area contributed by atoms with Crippen LogP contribution in [0, 0.1) is 0 Å². The SMILES string of the molecule is C1=C(c2ccccc2)NC(c2cccc3oc4cc(-n5c6ccccc6c6cc(-c7ccc8c(c7)c7ccccc7n8-c7ccccc7)ccc65)ccc4c23)NC1c1ccccc1. The van der Waals surface area contributed by atoms with Crippen molar-refractivity contribution in [3.05, 3.63) is 235 Å². The molecule has 3 aromatic heterocycles. The van der Waals surface area contributed by atoms with Crippen LogP contribution in [0.25, 0.3) is 93.7 Å². The molecule has 12 aromatic rings. The predicted molar refractivity (Wildman–Crippen MR) is 260 cm³/mol. The van der Waals surface area contributed by atoms with Crippen LogP contribution < -0.4 is 10.6 Å². The topological polar surface area (TPSA) is 47.1 Å². The summed E-state index contributed by atoms with van der Waals surface area (Å²) in [5.74, 6) is 0. The van der Waals surface area contributed by atoms with Gasteiger partial charge in [0.05, 0.1) is 28.1 Å². The highest BCUT2D eigenvalue weighted by molar-refractivity contribution is 6.13. The molecule has 2 atom stereocenters. The number of nitrogens with zero attached hydrogens (tertiary/aromatic N) is 2. The molecule has 0 fully saturated rings. The number of benzene rings is 9. The van der Waals surface area contributed by atoms with Gasteiger partial charge in [0.2, 0.25) is 0 Å². The summed E-state index contributed by atoms with van der Waals surface area (Å²) in [6, 6.07) is 76.3. The second-order valence-corrected chi connectivity index (χ2v) is 16.6. The van der Waals surface area contributed by atoms with Gasteiger partial charge in [-0.25, -0.2) is 0 Å². The zero-order chi connectivity index (χ0) is 41.4. The van der Waals surface area contributed by atoms with E-state index in [1.54, 1.807) is 0 Å². The first kappa shape index (κ1) is 35.6. The van der Waals surface area contributed by atoms with Crippen LogP contribution in [0.1, 0.15) is 28.9 Å². The third-order valence-electron chi connectivity index (χ3n) is 13.0. The molecule has 298 valence electrons. The van der Waals surface area contributed by atoms with E-state index < -0.39 is 0 Å². The minimum Gasteiger partial charge on any atom is -0.456 e. The van der Waals surface area contributed by atoms with E-state index in [0.717, 1.165) is 61.2 Å². The van der Waals surface area contributed by atoms with Crippen LogP contribution in [0.3, 0.4) is 0 Å². The number of para-hydroxylation sites is 3. The van der Waals surface area contributed by atoms with Gasteiger partial charge >= 0.3 is 0 Å². The number of nitrogens with one attached hydrogen (secondary N) is 2. The normalized spacial score (nSPS) is 15.5. The van der Waals surface area contributed by atoms with Crippen molar-refractivity contribution in [3.63, 3.8) is 0 Å². The minimum absolute atomic E-state index is 0.0212. The van der Waals surface area contributed by atoms with Crippen LogP contribution in [0.15, 0.2) is 223 Å². The molecule has 13 rings (SSSR count). The van der Waals surface area contributed by atoms with Crippen LogP contribution in [0.5, 0.6) is 0 Å². The predicted octanol–water partition coefficient (Wildman–Crippen LogP) is 14.4. The van der Waals surface area contributed by atoms with E-state index >= 15 is 0 Å². The average molecular weight is 809 g/mol. The maximum Gasteiger partial charge on any atom is 0.137 e. The highest BCUT2D eigenvalue weighted by Crippen LogP contribution is 2.41. The lowest BCUT2D eigenvalue weighted by Gasteiger charge is -2.33. The smallest absolute Gasteiger partial charge is 0.137 e. The molecule has 0 saturated carbocycles. The first-order valence-corrected chi connectivity index (χ1v) is 21.7. The maximum atomic E-state index is 6.76. The molecule has 0 aliphatic carbocycles. The summed E-state index contributed by atoms with van der Waals surface area (Å²) >= 11 is 0. The molecule has 0 radical (unpaired) electrons. The molecular formula is C58H40N4O. The van der Waals surface area contributed by atoms with Gasteiger partial charge in [0.15, 0.2) is 0 Å². The van der Waals surface area contributed by atoms with E-state index in [9.17, 15) is 0 Å². The summed E-state index contributed by atoms with van der Waals surface area (Å²) in [5, 5.41) is 14.9. The van der Waals surface area contributed by atoms with E-state index in [-0.39, 0.29) is 12.2 Å². The van der Waals surface area contributed by atoms with Gasteiger partial charge in [-0.3, -0.25) is 5.32 Å². The van der Waals surface area contributed by atoms with Crippen molar-refractivity contribution in [2.45, 2.75) is 12.2 Å². The zero-order valence-electron chi connectivity index (χ0n) is 34.2. The summed E-state index contributed by atoms with van der Waals surface area (Å²) in [6.07, 6.45) is 2.13. The molecule has 1 aliphatic heterocycles. The summed E-state index contributed by atoms with van der Waals surface area (Å²) in [4.78, 5) is 0. The Balaban J connectivity index is 0.911. The van der Waals surface area contributed by atoms with E-state index in [2.05, 4.69) is 238 Å². The van der Waals surface area contributed by atoms with E-state index in [4.69, 9.17) is 4.42 Å². The highest BCUT2D eigenvalue weighted by atomic mass is 16.3. The first-order chi connectivity index (χ1) is 31.2. The Labute approximate surface area is 363 Å². The van der Waals surface area contributed by atoms with Gasteiger partial charge in [0.25, 0.3) is 0 Å². The molecule has 4 heterocycles. The van der Waals surface area contributed by atoms with Crippen molar-refractivity contribution in [2.75, 3.05) is 0 Å². The number of furan rings is 1. The Kier molecular flexibility index (Phi) is 8.05. The average Bonchev–Trinajstić information content (AvgIpc) is 4.01. The van der Waals surface area contributed by atoms with E-state index in [1.165, 1.54) is 49.3 Å². The standard InChI is InChI=1S/C58H40N4O/c1-4-15-37(16-5-1)49-36-50(38-17-6-2-7-18-38)60-58(59-49)46-23-14-26-55-57(46)45-30-29-42(35-56(45)63-55)62-52-25-13-11-22-44(52)48-34-40(28-32-54(48)62)39-27-31-53-47(33-39)43-21-10-12-24-51(43)61(53)41-19-8-3-9-20-41/h1-36,49,58-60H. The van der Waals surface area contributed by atoms with Gasteiger partial charge in [-0.1, -0.05) is 140 Å². The molecule has 0 spiro atoms. The minimum atomic E-state index is -0.158. The van der Waals surface area contributed by atoms with Crippen molar-refractivity contribution in [1.82, 2.24) is 19.8 Å². The van der Waals surface area contributed by atoms with Crippen molar-refractivity contribution < 1.29 is 4.42 Å². The summed E-state index contributed by atoms with van der Waals surface area (Å²) in [6.45, 7) is 0. The second-order valence-electron chi connectivity index (χ2n) is 16.6. The van der Waals surface area contributed by atoms with Crippen molar-refractivity contribution >= 4 is 71.2 Å². The van der Waals surface area contributed by atoms with Crippen LogP contribution in [-0.4, -0.2) is 9.13 Å². The van der Waals surface area contributed by atoms with Gasteiger partial charge in [0.1, 0.15) is 17.3 Å². The van der Waals surface area contributed by atoms with Gasteiger partial charge in [0, 0.05) is 61.0 Å². The Morgan fingerprint density at radius 3 is 1.67 bits per heavy atom. The fraction of sp³-hybridized carbons (Fsp3) is 0.0345. The molecule has 2 N–H and O–H groups in total. The van der Waals surface area contributed by atoms with E-state index in [1.807, 2.05) is 0 Å². The van der Waals surface area contributed by atoms with Crippen molar-refractivity contribution in [1.29, 1.82) is 0 Å². The highest BCUT2D eigenvalue weighted by Gasteiger charge is 2.27. The third kappa shape index (κ3) is 5.74. The number of rotatable bonds is 6. The molecule has 0 bridgehead atoms. The summed E-state index contributed by atoms with van der Waals surface area (Å²) in [7, 11) is 0. The Bertz CT molecular complexity index is 3750. The summed E-state index contributed by atoms with van der Waals surface area (Å²) < 4.78 is 11.5. The van der Waals surface area contributed by atoms with Crippen LogP contribution >= 0.6 is 0 Å². The number of hydrogen-bond donors (Lipinski definition) is 2. The quantitative estimate of drug-likeness (QED) is 0.176. The van der Waals surface area contributed by atoms with Gasteiger partial charge in [-0.05, 0) is 95.1 Å². The molecule has 1 aliphatic rings. The molecular weight excluding hydrogens is 769 g/mol.